The molecule has 7 heteroatoms. The zero-order chi connectivity index (χ0) is 17.1. The molecule has 130 valence electrons. The van der Waals surface area contributed by atoms with E-state index >= 15 is 0 Å². The molecule has 2 fully saturated rings. The maximum Gasteiger partial charge on any atom is 0.410 e. The number of nitrogens with zero attached hydrogens (tertiary/aromatic N) is 3. The quantitative estimate of drug-likeness (QED) is 0.826. The maximum atomic E-state index is 13.0. The molecule has 0 saturated carbocycles. The number of piperazine rings is 1. The molecule has 2 amide bonds. The number of hydrogen-bond acceptors (Lipinski definition) is 4. The number of carbonyl (C=O) groups excluding carboxylic acids is 2. The molecule has 0 spiro atoms. The van der Waals surface area contributed by atoms with Crippen molar-refractivity contribution in [1.29, 1.82) is 0 Å². The van der Waals surface area contributed by atoms with Crippen LogP contribution < -0.4 is 4.90 Å². The van der Waals surface area contributed by atoms with E-state index in [0.29, 0.717) is 39.1 Å². The van der Waals surface area contributed by atoms with Gasteiger partial charge < -0.3 is 14.5 Å². The molecule has 24 heavy (non-hydrogen) atoms. The number of benzene rings is 1. The molecule has 0 aromatic heterocycles. The van der Waals surface area contributed by atoms with Crippen molar-refractivity contribution < 1.29 is 18.7 Å². The van der Waals surface area contributed by atoms with E-state index in [9.17, 15) is 14.0 Å². The van der Waals surface area contributed by atoms with Gasteiger partial charge in [-0.15, -0.1) is 0 Å². The van der Waals surface area contributed by atoms with Crippen LogP contribution in [0.3, 0.4) is 0 Å². The molecule has 6 nitrogen and oxygen atoms in total. The summed E-state index contributed by atoms with van der Waals surface area (Å²) in [6, 6.07) is 5.99. The van der Waals surface area contributed by atoms with Crippen LogP contribution in [-0.2, 0) is 9.53 Å². The first kappa shape index (κ1) is 16.5. The Morgan fingerprint density at radius 3 is 2.38 bits per heavy atom. The van der Waals surface area contributed by atoms with Gasteiger partial charge in [0.15, 0.2) is 0 Å². The Bertz CT molecular complexity index is 600. The zero-order valence-electron chi connectivity index (χ0n) is 13.8. The number of halogens is 1. The second-order valence-corrected chi connectivity index (χ2v) is 6.11. The fourth-order valence-electron chi connectivity index (χ4n) is 3.41. The van der Waals surface area contributed by atoms with Gasteiger partial charge in [-0.25, -0.2) is 9.18 Å². The summed E-state index contributed by atoms with van der Waals surface area (Å²) in [5.41, 5.74) is 0.959. The largest absolute Gasteiger partial charge is 0.453 e. The first-order chi connectivity index (χ1) is 11.6. The van der Waals surface area contributed by atoms with Crippen molar-refractivity contribution in [2.45, 2.75) is 18.9 Å². The zero-order valence-corrected chi connectivity index (χ0v) is 13.8. The summed E-state index contributed by atoms with van der Waals surface area (Å²) >= 11 is 0. The van der Waals surface area contributed by atoms with E-state index < -0.39 is 12.1 Å². The van der Waals surface area contributed by atoms with Crippen molar-refractivity contribution in [2.75, 3.05) is 44.7 Å². The molecule has 3 rings (SSSR count). The summed E-state index contributed by atoms with van der Waals surface area (Å²) in [4.78, 5) is 30.0. The van der Waals surface area contributed by atoms with Crippen LogP contribution in [0.2, 0.25) is 0 Å². The predicted octanol–water partition coefficient (Wildman–Crippen LogP) is 1.71. The van der Waals surface area contributed by atoms with Crippen LogP contribution in [0.25, 0.3) is 0 Å². The van der Waals surface area contributed by atoms with Crippen molar-refractivity contribution in [3.05, 3.63) is 30.1 Å². The minimum atomic E-state index is -0.434. The van der Waals surface area contributed by atoms with Gasteiger partial charge in [0, 0.05) is 38.4 Å². The number of amides is 2. The van der Waals surface area contributed by atoms with Gasteiger partial charge in [0.05, 0.1) is 7.11 Å². The van der Waals surface area contributed by atoms with E-state index in [4.69, 9.17) is 4.74 Å². The molecule has 0 aliphatic carbocycles. The van der Waals surface area contributed by atoms with Gasteiger partial charge in [-0.05, 0) is 37.1 Å². The van der Waals surface area contributed by atoms with Crippen LogP contribution in [0.5, 0.6) is 0 Å². The number of carbonyl (C=O) groups is 2. The van der Waals surface area contributed by atoms with Crippen molar-refractivity contribution in [1.82, 2.24) is 9.80 Å². The highest BCUT2D eigenvalue weighted by atomic mass is 19.1. The highest BCUT2D eigenvalue weighted by molar-refractivity contribution is 5.86. The standard InChI is InChI=1S/C17H22FN3O3/c1-24-17(23)21-8-2-3-15(21)16(22)20-11-9-19(10-12-20)14-6-4-13(18)5-7-14/h4-7,15H,2-3,8-12H2,1H3. The van der Waals surface area contributed by atoms with E-state index in [1.807, 2.05) is 4.90 Å². The number of likely N-dealkylation sites (tertiary alicyclic amines) is 1. The number of methoxy groups -OCH3 is 1. The molecular weight excluding hydrogens is 313 g/mol. The third-order valence-corrected chi connectivity index (χ3v) is 4.73. The molecule has 2 aliphatic rings. The Balaban J connectivity index is 1.59. The molecule has 0 bridgehead atoms. The van der Waals surface area contributed by atoms with Gasteiger partial charge in [-0.3, -0.25) is 9.69 Å². The number of ether oxygens (including phenoxy) is 1. The SMILES string of the molecule is COC(=O)N1CCCC1C(=O)N1CCN(c2ccc(F)cc2)CC1. The van der Waals surface area contributed by atoms with Gasteiger partial charge in [-0.1, -0.05) is 0 Å². The lowest BCUT2D eigenvalue weighted by molar-refractivity contribution is -0.135. The van der Waals surface area contributed by atoms with Crippen LogP contribution in [-0.4, -0.2) is 67.7 Å². The summed E-state index contributed by atoms with van der Waals surface area (Å²) in [6.45, 7) is 3.16. The van der Waals surface area contributed by atoms with Crippen LogP contribution in [0.15, 0.2) is 24.3 Å². The molecule has 1 atom stereocenters. The Kier molecular flexibility index (Phi) is 4.87. The molecule has 0 radical (unpaired) electrons. The first-order valence-electron chi connectivity index (χ1n) is 8.24. The van der Waals surface area contributed by atoms with E-state index in [2.05, 4.69) is 4.90 Å². The predicted molar refractivity (Wildman–Crippen MR) is 87.3 cm³/mol. The Labute approximate surface area is 140 Å². The van der Waals surface area contributed by atoms with Crippen LogP contribution in [0.1, 0.15) is 12.8 Å². The fraction of sp³-hybridized carbons (Fsp3) is 0.529. The highest BCUT2D eigenvalue weighted by Gasteiger charge is 2.37. The van der Waals surface area contributed by atoms with Gasteiger partial charge in [0.25, 0.3) is 0 Å². The third kappa shape index (κ3) is 3.29. The summed E-state index contributed by atoms with van der Waals surface area (Å²) in [6.07, 6.45) is 1.07. The monoisotopic (exact) mass is 335 g/mol. The molecule has 2 aliphatic heterocycles. The minimum Gasteiger partial charge on any atom is -0.453 e. The molecule has 1 aromatic rings. The van der Waals surface area contributed by atoms with E-state index in [1.54, 1.807) is 12.1 Å². The molecule has 0 N–H and O–H groups in total. The average Bonchev–Trinajstić information content (AvgIpc) is 3.11. The normalized spacial score (nSPS) is 21.1. The summed E-state index contributed by atoms with van der Waals surface area (Å²) < 4.78 is 17.8. The second-order valence-electron chi connectivity index (χ2n) is 6.11. The summed E-state index contributed by atoms with van der Waals surface area (Å²) in [7, 11) is 1.34. The Hall–Kier alpha value is -2.31. The lowest BCUT2D eigenvalue weighted by atomic mass is 10.1. The number of rotatable bonds is 2. The second kappa shape index (κ2) is 7.07. The molecular formula is C17H22FN3O3. The molecule has 2 saturated heterocycles. The topological polar surface area (TPSA) is 53.1 Å². The first-order valence-corrected chi connectivity index (χ1v) is 8.24. The lowest BCUT2D eigenvalue weighted by Crippen LogP contribution is -2.54. The molecule has 1 unspecified atom stereocenters. The summed E-state index contributed by atoms with van der Waals surface area (Å²) in [5, 5.41) is 0. The number of anilines is 1. The van der Waals surface area contributed by atoms with Crippen molar-refractivity contribution >= 4 is 17.7 Å². The highest BCUT2D eigenvalue weighted by Crippen LogP contribution is 2.22. The third-order valence-electron chi connectivity index (χ3n) is 4.73. The Morgan fingerprint density at radius 1 is 1.08 bits per heavy atom. The summed E-state index contributed by atoms with van der Waals surface area (Å²) in [5.74, 6) is -0.256. The average molecular weight is 335 g/mol. The van der Waals surface area contributed by atoms with Gasteiger partial charge in [0.2, 0.25) is 5.91 Å². The van der Waals surface area contributed by atoms with Gasteiger partial charge in [-0.2, -0.15) is 0 Å². The molecule has 1 aromatic carbocycles. The Morgan fingerprint density at radius 2 is 1.75 bits per heavy atom. The molecule has 2 heterocycles. The maximum absolute atomic E-state index is 13.0. The smallest absolute Gasteiger partial charge is 0.410 e. The van der Waals surface area contributed by atoms with Crippen molar-refractivity contribution in [3.8, 4) is 0 Å². The minimum absolute atomic E-state index is 0.00310. The van der Waals surface area contributed by atoms with Crippen LogP contribution in [0.4, 0.5) is 14.9 Å². The number of hydrogen-bond donors (Lipinski definition) is 0. The van der Waals surface area contributed by atoms with E-state index in [1.165, 1.54) is 24.1 Å². The van der Waals surface area contributed by atoms with Crippen LogP contribution >= 0.6 is 0 Å². The van der Waals surface area contributed by atoms with Crippen molar-refractivity contribution in [2.24, 2.45) is 0 Å². The van der Waals surface area contributed by atoms with Crippen molar-refractivity contribution in [3.63, 3.8) is 0 Å². The van der Waals surface area contributed by atoms with Crippen LogP contribution in [0, 0.1) is 5.82 Å². The van der Waals surface area contributed by atoms with Gasteiger partial charge >= 0.3 is 6.09 Å². The van der Waals surface area contributed by atoms with Gasteiger partial charge in [0.1, 0.15) is 11.9 Å². The fourth-order valence-corrected chi connectivity index (χ4v) is 3.41. The van der Waals surface area contributed by atoms with E-state index in [-0.39, 0.29) is 11.7 Å². The van der Waals surface area contributed by atoms with E-state index in [0.717, 1.165) is 12.1 Å². The lowest BCUT2D eigenvalue weighted by Gasteiger charge is -2.38.